The molecule has 1 heterocycles. The lowest BCUT2D eigenvalue weighted by atomic mass is 10.4. The Morgan fingerprint density at radius 2 is 2.11 bits per heavy atom. The number of aromatic nitrogens is 2. The van der Waals surface area contributed by atoms with Crippen LogP contribution in [0.1, 0.15) is 13.8 Å². The normalized spacial score (nSPS) is 11.1. The average molecular weight is 268 g/mol. The highest BCUT2D eigenvalue weighted by molar-refractivity contribution is 5.36. The topological polar surface area (TPSA) is 59.5 Å². The number of anilines is 1. The molecule has 1 rings (SSSR count). The summed E-state index contributed by atoms with van der Waals surface area (Å²) in [6.07, 6.45) is 1.62. The van der Waals surface area contributed by atoms with Crippen LogP contribution in [-0.2, 0) is 4.74 Å². The Hall–Kier alpha value is -1.40. The Bertz CT molecular complexity index is 360. The van der Waals surface area contributed by atoms with E-state index in [1.165, 1.54) is 6.33 Å². The number of likely N-dealkylation sites (N-methyl/N-ethyl adjacent to an activating group) is 1. The minimum Gasteiger partial charge on any atom is -0.475 e. The second-order valence-electron chi connectivity index (χ2n) is 4.63. The van der Waals surface area contributed by atoms with E-state index in [0.29, 0.717) is 5.88 Å². The third kappa shape index (κ3) is 6.93. The molecule has 1 N–H and O–H groups in total. The predicted molar refractivity (Wildman–Crippen MR) is 75.7 cm³/mol. The van der Waals surface area contributed by atoms with Crippen molar-refractivity contribution in [2.24, 2.45) is 0 Å². The molecule has 0 aliphatic carbocycles. The van der Waals surface area contributed by atoms with Crippen molar-refractivity contribution in [1.29, 1.82) is 0 Å². The molecule has 0 aliphatic rings. The first-order valence-electron chi connectivity index (χ1n) is 6.52. The van der Waals surface area contributed by atoms with Gasteiger partial charge in [-0.15, -0.1) is 0 Å². The van der Waals surface area contributed by atoms with E-state index in [2.05, 4.69) is 27.2 Å². The molecule has 0 atom stereocenters. The van der Waals surface area contributed by atoms with Crippen LogP contribution in [-0.4, -0.2) is 61.4 Å². The summed E-state index contributed by atoms with van der Waals surface area (Å²) in [4.78, 5) is 10.4. The lowest BCUT2D eigenvalue weighted by Crippen LogP contribution is -2.28. The van der Waals surface area contributed by atoms with E-state index < -0.39 is 0 Å². The Morgan fingerprint density at radius 1 is 1.32 bits per heavy atom. The van der Waals surface area contributed by atoms with Gasteiger partial charge in [0.25, 0.3) is 0 Å². The first kappa shape index (κ1) is 15.7. The Balaban J connectivity index is 2.32. The molecule has 0 fully saturated rings. The molecule has 0 saturated carbocycles. The fourth-order valence-corrected chi connectivity index (χ4v) is 1.48. The summed E-state index contributed by atoms with van der Waals surface area (Å²) in [6, 6.07) is 1.81. The number of rotatable bonds is 9. The molecule has 0 amide bonds. The molecule has 0 radical (unpaired) electrons. The van der Waals surface area contributed by atoms with Crippen LogP contribution in [0, 0.1) is 0 Å². The quantitative estimate of drug-likeness (QED) is 0.727. The molecule has 1 aromatic heterocycles. The van der Waals surface area contributed by atoms with Crippen molar-refractivity contribution in [3.8, 4) is 5.88 Å². The van der Waals surface area contributed by atoms with Crippen LogP contribution in [0.25, 0.3) is 0 Å². The van der Waals surface area contributed by atoms with E-state index in [9.17, 15) is 0 Å². The highest BCUT2D eigenvalue weighted by atomic mass is 16.5. The smallest absolute Gasteiger partial charge is 0.218 e. The van der Waals surface area contributed by atoms with E-state index >= 15 is 0 Å². The van der Waals surface area contributed by atoms with Gasteiger partial charge in [0, 0.05) is 32.8 Å². The average Bonchev–Trinajstić information content (AvgIpc) is 2.36. The summed E-state index contributed by atoms with van der Waals surface area (Å²) in [5.41, 5.74) is 0. The molecule has 1 aromatic rings. The van der Waals surface area contributed by atoms with Gasteiger partial charge in [0.05, 0.1) is 12.7 Å². The second kappa shape index (κ2) is 8.66. The molecule has 0 aliphatic heterocycles. The summed E-state index contributed by atoms with van der Waals surface area (Å²) in [5, 5.41) is 3.25. The van der Waals surface area contributed by atoms with Gasteiger partial charge in [0.1, 0.15) is 12.1 Å². The Kier molecular flexibility index (Phi) is 7.14. The Morgan fingerprint density at radius 3 is 2.79 bits per heavy atom. The molecule has 0 aromatic carbocycles. The SMILES string of the molecule is COCCN(C)CCNc1cc(OC(C)C)ncn1. The van der Waals surface area contributed by atoms with Crippen LogP contribution < -0.4 is 10.1 Å². The summed E-state index contributed by atoms with van der Waals surface area (Å²) in [5.74, 6) is 1.38. The van der Waals surface area contributed by atoms with Crippen LogP contribution >= 0.6 is 0 Å². The highest BCUT2D eigenvalue weighted by Crippen LogP contribution is 2.12. The van der Waals surface area contributed by atoms with E-state index in [0.717, 1.165) is 32.1 Å². The zero-order chi connectivity index (χ0) is 14.1. The number of nitrogens with zero attached hydrogens (tertiary/aromatic N) is 3. The molecular formula is C13H24N4O2. The second-order valence-corrected chi connectivity index (χ2v) is 4.63. The fourth-order valence-electron chi connectivity index (χ4n) is 1.48. The minimum absolute atomic E-state index is 0.114. The van der Waals surface area contributed by atoms with E-state index in [1.54, 1.807) is 7.11 Å². The number of hydrogen-bond donors (Lipinski definition) is 1. The van der Waals surface area contributed by atoms with Gasteiger partial charge in [-0.3, -0.25) is 0 Å². The van der Waals surface area contributed by atoms with Crippen LogP contribution in [0.3, 0.4) is 0 Å². The van der Waals surface area contributed by atoms with Crippen molar-refractivity contribution in [2.45, 2.75) is 20.0 Å². The number of ether oxygens (including phenoxy) is 2. The van der Waals surface area contributed by atoms with Gasteiger partial charge >= 0.3 is 0 Å². The molecule has 0 bridgehead atoms. The first-order valence-corrected chi connectivity index (χ1v) is 6.52. The van der Waals surface area contributed by atoms with Crippen molar-refractivity contribution in [3.05, 3.63) is 12.4 Å². The van der Waals surface area contributed by atoms with E-state index in [-0.39, 0.29) is 6.10 Å². The van der Waals surface area contributed by atoms with E-state index in [1.807, 2.05) is 19.9 Å². The van der Waals surface area contributed by atoms with Crippen LogP contribution in [0.4, 0.5) is 5.82 Å². The standard InChI is InChI=1S/C13H24N4O2/c1-11(2)19-13-9-12(15-10-16-13)14-5-6-17(3)7-8-18-4/h9-11H,5-8H2,1-4H3,(H,14,15,16). The molecule has 0 spiro atoms. The summed E-state index contributed by atoms with van der Waals surface area (Å²) in [7, 11) is 3.78. The van der Waals surface area contributed by atoms with Gasteiger partial charge in [0.2, 0.25) is 5.88 Å². The van der Waals surface area contributed by atoms with Crippen LogP contribution in [0.5, 0.6) is 5.88 Å². The molecule has 0 saturated heterocycles. The maximum atomic E-state index is 5.52. The molecule has 6 nitrogen and oxygen atoms in total. The summed E-state index contributed by atoms with van der Waals surface area (Å²) < 4.78 is 10.5. The van der Waals surface area contributed by atoms with E-state index in [4.69, 9.17) is 9.47 Å². The summed E-state index contributed by atoms with van der Waals surface area (Å²) in [6.45, 7) is 7.35. The van der Waals surface area contributed by atoms with Gasteiger partial charge in [-0.1, -0.05) is 0 Å². The first-order chi connectivity index (χ1) is 9.11. The highest BCUT2D eigenvalue weighted by Gasteiger charge is 2.02. The molecule has 108 valence electrons. The third-order valence-electron chi connectivity index (χ3n) is 2.48. The van der Waals surface area contributed by atoms with Crippen molar-refractivity contribution in [3.63, 3.8) is 0 Å². The van der Waals surface area contributed by atoms with Crippen molar-refractivity contribution < 1.29 is 9.47 Å². The van der Waals surface area contributed by atoms with Gasteiger partial charge in [0.15, 0.2) is 0 Å². The molecule has 0 unspecified atom stereocenters. The van der Waals surface area contributed by atoms with Crippen LogP contribution in [0.15, 0.2) is 12.4 Å². The van der Waals surface area contributed by atoms with Crippen molar-refractivity contribution in [1.82, 2.24) is 14.9 Å². The third-order valence-corrected chi connectivity index (χ3v) is 2.48. The van der Waals surface area contributed by atoms with Crippen molar-refractivity contribution in [2.75, 3.05) is 45.7 Å². The van der Waals surface area contributed by atoms with Gasteiger partial charge in [-0.2, -0.15) is 0 Å². The van der Waals surface area contributed by atoms with Gasteiger partial charge < -0.3 is 19.7 Å². The maximum Gasteiger partial charge on any atom is 0.218 e. The lowest BCUT2D eigenvalue weighted by Gasteiger charge is -2.16. The molecule has 6 heteroatoms. The Labute approximate surface area is 115 Å². The zero-order valence-electron chi connectivity index (χ0n) is 12.2. The minimum atomic E-state index is 0.114. The fraction of sp³-hybridized carbons (Fsp3) is 0.692. The number of hydrogen-bond acceptors (Lipinski definition) is 6. The monoisotopic (exact) mass is 268 g/mol. The largest absolute Gasteiger partial charge is 0.475 e. The lowest BCUT2D eigenvalue weighted by molar-refractivity contribution is 0.163. The maximum absolute atomic E-state index is 5.52. The van der Waals surface area contributed by atoms with Crippen molar-refractivity contribution >= 4 is 5.82 Å². The predicted octanol–water partition coefficient (Wildman–Crippen LogP) is 1.25. The summed E-state index contributed by atoms with van der Waals surface area (Å²) >= 11 is 0. The van der Waals surface area contributed by atoms with Gasteiger partial charge in [-0.05, 0) is 20.9 Å². The zero-order valence-corrected chi connectivity index (χ0v) is 12.2. The molecular weight excluding hydrogens is 244 g/mol. The van der Waals surface area contributed by atoms with Gasteiger partial charge in [-0.25, -0.2) is 9.97 Å². The number of nitrogens with one attached hydrogen (secondary N) is 1. The van der Waals surface area contributed by atoms with Crippen LogP contribution in [0.2, 0.25) is 0 Å². The number of methoxy groups -OCH3 is 1. The molecule has 19 heavy (non-hydrogen) atoms.